The molecule has 1 aliphatic carbocycles. The maximum atomic E-state index is 14.5. The van der Waals surface area contributed by atoms with Crippen molar-refractivity contribution in [1.82, 2.24) is 9.97 Å². The van der Waals surface area contributed by atoms with Crippen LogP contribution in [0.15, 0.2) is 47.4 Å². The van der Waals surface area contributed by atoms with Crippen LogP contribution in [0.3, 0.4) is 0 Å². The topological polar surface area (TPSA) is 102 Å². The molecule has 2 aliphatic rings. The number of hydrogen-bond acceptors (Lipinski definition) is 6. The number of rotatable bonds is 5. The molecule has 29 heavy (non-hydrogen) atoms. The molecule has 0 spiro atoms. The number of alkyl halides is 1. The Morgan fingerprint density at radius 3 is 2.79 bits per heavy atom. The van der Waals surface area contributed by atoms with Crippen LogP contribution in [0.4, 0.5) is 14.5 Å². The van der Waals surface area contributed by atoms with Gasteiger partial charge >= 0.3 is 0 Å². The van der Waals surface area contributed by atoms with Gasteiger partial charge in [0.1, 0.15) is 29.5 Å². The quantitative estimate of drug-likeness (QED) is 0.804. The third-order valence-electron chi connectivity index (χ3n) is 4.82. The van der Waals surface area contributed by atoms with Crippen molar-refractivity contribution >= 4 is 17.6 Å². The molecule has 9 heteroatoms. The van der Waals surface area contributed by atoms with Crippen molar-refractivity contribution in [1.29, 1.82) is 0 Å². The second-order valence-electron chi connectivity index (χ2n) is 7.19. The predicted octanol–water partition coefficient (Wildman–Crippen LogP) is 3.16. The van der Waals surface area contributed by atoms with Gasteiger partial charge in [0.25, 0.3) is 11.9 Å². The number of carbonyl (C=O) groups is 1. The number of halogens is 2. The monoisotopic (exact) mass is 399 g/mol. The number of benzene rings is 1. The number of ether oxygens (including phenoxy) is 1. The minimum atomic E-state index is -1.28. The minimum absolute atomic E-state index is 0.0557. The van der Waals surface area contributed by atoms with Gasteiger partial charge in [-0.25, -0.2) is 18.8 Å². The smallest absolute Gasteiger partial charge is 0.288 e. The summed E-state index contributed by atoms with van der Waals surface area (Å²) < 4.78 is 32.6. The number of nitrogens with two attached hydrogens (primary N) is 1. The molecule has 0 bridgehead atoms. The summed E-state index contributed by atoms with van der Waals surface area (Å²) >= 11 is 0. The van der Waals surface area contributed by atoms with E-state index in [2.05, 4.69) is 20.3 Å². The SMILES string of the molecule is C[C@@]1(c2cc(NC(=O)c3cnc(C4CC4)cn3)ccc2F)C=C(CF)OC(N)=N1. The summed E-state index contributed by atoms with van der Waals surface area (Å²) in [7, 11) is 0. The molecule has 1 atom stereocenters. The fraction of sp³-hybridized carbons (Fsp3) is 0.300. The van der Waals surface area contributed by atoms with E-state index in [1.54, 1.807) is 13.1 Å². The third kappa shape index (κ3) is 3.94. The highest BCUT2D eigenvalue weighted by atomic mass is 19.1. The molecule has 1 fully saturated rings. The molecular weight excluding hydrogens is 380 g/mol. The Labute approximate surface area is 165 Å². The molecule has 4 rings (SSSR count). The van der Waals surface area contributed by atoms with Gasteiger partial charge in [-0.1, -0.05) is 0 Å². The van der Waals surface area contributed by atoms with E-state index in [-0.39, 0.29) is 23.0 Å². The first-order chi connectivity index (χ1) is 13.9. The van der Waals surface area contributed by atoms with Crippen LogP contribution in [0.2, 0.25) is 0 Å². The fourth-order valence-corrected chi connectivity index (χ4v) is 3.20. The second-order valence-corrected chi connectivity index (χ2v) is 7.19. The van der Waals surface area contributed by atoms with E-state index in [1.807, 2.05) is 0 Å². The molecule has 3 N–H and O–H groups in total. The molecule has 1 aromatic carbocycles. The predicted molar refractivity (Wildman–Crippen MR) is 102 cm³/mol. The van der Waals surface area contributed by atoms with Crippen molar-refractivity contribution < 1.29 is 18.3 Å². The van der Waals surface area contributed by atoms with Gasteiger partial charge in [0, 0.05) is 23.4 Å². The van der Waals surface area contributed by atoms with Crippen molar-refractivity contribution in [2.45, 2.75) is 31.2 Å². The molecule has 1 saturated carbocycles. The highest BCUT2D eigenvalue weighted by molar-refractivity contribution is 6.02. The Morgan fingerprint density at radius 1 is 1.34 bits per heavy atom. The molecule has 0 saturated heterocycles. The average molecular weight is 399 g/mol. The molecule has 1 aliphatic heterocycles. The Kier molecular flexibility index (Phi) is 4.73. The van der Waals surface area contributed by atoms with E-state index in [9.17, 15) is 13.6 Å². The number of aromatic nitrogens is 2. The van der Waals surface area contributed by atoms with Crippen LogP contribution in [0.5, 0.6) is 0 Å². The standard InChI is InChI=1S/C20H19F2N5O2/c1-20(7-13(8-21)29-19(23)27-20)14-6-12(4-5-15(14)22)26-18(28)17-10-24-16(9-25-17)11-2-3-11/h4-7,9-11H,2-3,8H2,1H3,(H2,23,27)(H,26,28)/t20-/m0/s1. The lowest BCUT2D eigenvalue weighted by atomic mass is 9.90. The lowest BCUT2D eigenvalue weighted by Gasteiger charge is -2.28. The second kappa shape index (κ2) is 7.23. The first-order valence-corrected chi connectivity index (χ1v) is 9.12. The number of amides is 1. The summed E-state index contributed by atoms with van der Waals surface area (Å²) in [5.41, 5.74) is 5.81. The van der Waals surface area contributed by atoms with Crippen LogP contribution >= 0.6 is 0 Å². The van der Waals surface area contributed by atoms with Crippen molar-refractivity contribution in [3.05, 3.63) is 65.2 Å². The number of nitrogens with zero attached hydrogens (tertiary/aromatic N) is 3. The largest absolute Gasteiger partial charge is 0.428 e. The first kappa shape index (κ1) is 19.0. The van der Waals surface area contributed by atoms with Gasteiger partial charge in [0.05, 0.1) is 11.9 Å². The van der Waals surface area contributed by atoms with Crippen LogP contribution in [-0.4, -0.2) is 28.6 Å². The molecule has 1 aromatic heterocycles. The van der Waals surface area contributed by atoms with Gasteiger partial charge in [0.2, 0.25) is 0 Å². The molecule has 150 valence electrons. The minimum Gasteiger partial charge on any atom is -0.428 e. The number of nitrogens with one attached hydrogen (secondary N) is 1. The molecule has 1 amide bonds. The zero-order valence-corrected chi connectivity index (χ0v) is 15.7. The summed E-state index contributed by atoms with van der Waals surface area (Å²) in [6.07, 6.45) is 6.57. The molecule has 0 unspecified atom stereocenters. The zero-order valence-electron chi connectivity index (χ0n) is 15.7. The van der Waals surface area contributed by atoms with Crippen LogP contribution in [0.25, 0.3) is 0 Å². The Bertz CT molecular complexity index is 1020. The van der Waals surface area contributed by atoms with E-state index >= 15 is 0 Å². The van der Waals surface area contributed by atoms with E-state index in [0.29, 0.717) is 11.6 Å². The van der Waals surface area contributed by atoms with E-state index in [0.717, 1.165) is 18.5 Å². The maximum Gasteiger partial charge on any atom is 0.288 e. The average Bonchev–Trinajstić information content (AvgIpc) is 3.54. The van der Waals surface area contributed by atoms with Gasteiger partial charge in [-0.2, -0.15) is 0 Å². The van der Waals surface area contributed by atoms with Crippen LogP contribution in [-0.2, 0) is 10.3 Å². The summed E-state index contributed by atoms with van der Waals surface area (Å²) in [5, 5.41) is 2.67. The number of anilines is 1. The lowest BCUT2D eigenvalue weighted by molar-refractivity contribution is 0.102. The first-order valence-electron chi connectivity index (χ1n) is 9.12. The van der Waals surface area contributed by atoms with Gasteiger partial charge in [-0.15, -0.1) is 0 Å². The summed E-state index contributed by atoms with van der Waals surface area (Å²) in [5.74, 6) is -0.667. The van der Waals surface area contributed by atoms with Crippen molar-refractivity contribution in [2.24, 2.45) is 10.7 Å². The highest BCUT2D eigenvalue weighted by Crippen LogP contribution is 2.38. The number of aliphatic imine (C=N–C) groups is 1. The Balaban J connectivity index is 1.59. The van der Waals surface area contributed by atoms with Gasteiger partial charge < -0.3 is 15.8 Å². The maximum absolute atomic E-state index is 14.5. The van der Waals surface area contributed by atoms with Gasteiger partial charge in [0.15, 0.2) is 0 Å². The lowest BCUT2D eigenvalue weighted by Crippen LogP contribution is -2.31. The van der Waals surface area contributed by atoms with Crippen LogP contribution in [0.1, 0.15) is 47.4 Å². The number of amidine groups is 1. The van der Waals surface area contributed by atoms with Crippen molar-refractivity contribution in [3.8, 4) is 0 Å². The van der Waals surface area contributed by atoms with Gasteiger partial charge in [-0.3, -0.25) is 9.78 Å². The van der Waals surface area contributed by atoms with E-state index in [4.69, 9.17) is 10.5 Å². The van der Waals surface area contributed by atoms with E-state index < -0.39 is 23.9 Å². The normalized spacial score (nSPS) is 21.1. The molecule has 7 nitrogen and oxygen atoms in total. The molecule has 0 radical (unpaired) electrons. The zero-order chi connectivity index (χ0) is 20.6. The van der Waals surface area contributed by atoms with E-state index in [1.165, 1.54) is 30.5 Å². The summed E-state index contributed by atoms with van der Waals surface area (Å²) in [6.45, 7) is 0.670. The number of carbonyl (C=O) groups excluding carboxylic acids is 1. The molecule has 2 aromatic rings. The van der Waals surface area contributed by atoms with Crippen molar-refractivity contribution in [3.63, 3.8) is 0 Å². The Hall–Kier alpha value is -3.36. The van der Waals surface area contributed by atoms with Gasteiger partial charge in [-0.05, 0) is 44.0 Å². The summed E-state index contributed by atoms with van der Waals surface area (Å²) in [4.78, 5) is 25.0. The Morgan fingerprint density at radius 2 is 2.14 bits per heavy atom. The fourth-order valence-electron chi connectivity index (χ4n) is 3.20. The molecule has 2 heterocycles. The van der Waals surface area contributed by atoms with Crippen LogP contribution < -0.4 is 11.1 Å². The molecular formula is C20H19F2N5O2. The number of hydrogen-bond donors (Lipinski definition) is 2. The highest BCUT2D eigenvalue weighted by Gasteiger charge is 2.32. The third-order valence-corrected chi connectivity index (χ3v) is 4.82. The van der Waals surface area contributed by atoms with Crippen LogP contribution in [0, 0.1) is 5.82 Å². The summed E-state index contributed by atoms with van der Waals surface area (Å²) in [6, 6.07) is 3.77. The number of allylic oxidation sites excluding steroid dienone is 1. The van der Waals surface area contributed by atoms with Crippen molar-refractivity contribution in [2.75, 3.05) is 12.0 Å².